The maximum atomic E-state index is 13.3. The predicted octanol–water partition coefficient (Wildman–Crippen LogP) is 1.80. The molecule has 1 aromatic carbocycles. The predicted molar refractivity (Wildman–Crippen MR) is 117 cm³/mol. The zero-order chi connectivity index (χ0) is 24.1. The number of alkyl halides is 2. The van der Waals surface area contributed by atoms with E-state index >= 15 is 0 Å². The second-order valence-corrected chi connectivity index (χ2v) is 8.32. The standard InChI is InChI=1S/C22H20F2N8O2/c1-13-27-19(30-34-13)21(2,33)7-5-14-3-4-15-16(10-31-11-22(23,24)12-31)29-32(17(15)9-14)18-6-8-26-20(25)28-18/h3-4,6,8-9,33H,10-12H2,1-2H3,(H2,25,26,28). The van der Waals surface area contributed by atoms with Crippen molar-refractivity contribution in [3.8, 4) is 17.7 Å². The summed E-state index contributed by atoms with van der Waals surface area (Å²) >= 11 is 0. The normalized spacial score (nSPS) is 17.1. The van der Waals surface area contributed by atoms with Gasteiger partial charge in [0.25, 0.3) is 5.92 Å². The van der Waals surface area contributed by atoms with Crippen molar-refractivity contribution in [2.24, 2.45) is 0 Å². The van der Waals surface area contributed by atoms with E-state index in [4.69, 9.17) is 10.3 Å². The number of aliphatic hydroxyl groups is 1. The van der Waals surface area contributed by atoms with E-state index < -0.39 is 11.5 Å². The number of aromatic nitrogens is 6. The molecule has 1 aliphatic heterocycles. The van der Waals surface area contributed by atoms with Crippen molar-refractivity contribution in [3.05, 3.63) is 53.4 Å². The fraction of sp³-hybridized carbons (Fsp3) is 0.318. The number of rotatable bonds is 4. The van der Waals surface area contributed by atoms with E-state index in [-0.39, 0.29) is 31.4 Å². The largest absolute Gasteiger partial charge is 0.371 e. The molecule has 0 radical (unpaired) electrons. The van der Waals surface area contributed by atoms with Gasteiger partial charge in [-0.05, 0) is 25.1 Å². The number of halogens is 2. The Morgan fingerprint density at radius 1 is 1.26 bits per heavy atom. The highest BCUT2D eigenvalue weighted by atomic mass is 19.3. The van der Waals surface area contributed by atoms with Gasteiger partial charge in [0.15, 0.2) is 11.4 Å². The van der Waals surface area contributed by atoms with E-state index in [9.17, 15) is 13.9 Å². The number of aryl methyl sites for hydroxylation is 1. The average Bonchev–Trinajstić information content (AvgIpc) is 3.35. The van der Waals surface area contributed by atoms with Crippen LogP contribution in [0.1, 0.15) is 29.9 Å². The Morgan fingerprint density at radius 2 is 2.06 bits per heavy atom. The lowest BCUT2D eigenvalue weighted by molar-refractivity contribution is -0.134. The molecule has 1 fully saturated rings. The maximum Gasteiger partial charge on any atom is 0.272 e. The van der Waals surface area contributed by atoms with Gasteiger partial charge < -0.3 is 15.4 Å². The number of fused-ring (bicyclic) bond motifs is 1. The van der Waals surface area contributed by atoms with Crippen molar-refractivity contribution >= 4 is 16.9 Å². The van der Waals surface area contributed by atoms with Gasteiger partial charge in [-0.2, -0.15) is 15.1 Å². The summed E-state index contributed by atoms with van der Waals surface area (Å²) in [6.07, 6.45) is 1.51. The molecule has 1 aliphatic rings. The Hall–Kier alpha value is -3.95. The van der Waals surface area contributed by atoms with Crippen molar-refractivity contribution in [1.29, 1.82) is 0 Å². The molecule has 1 unspecified atom stereocenters. The van der Waals surface area contributed by atoms with Crippen molar-refractivity contribution in [3.63, 3.8) is 0 Å². The number of benzene rings is 1. The molecule has 0 amide bonds. The molecule has 0 bridgehead atoms. The topological polar surface area (TPSA) is 132 Å². The van der Waals surface area contributed by atoms with Gasteiger partial charge in [-0.1, -0.05) is 17.0 Å². The van der Waals surface area contributed by atoms with Crippen molar-refractivity contribution < 1.29 is 18.4 Å². The second-order valence-electron chi connectivity index (χ2n) is 8.32. The van der Waals surface area contributed by atoms with E-state index in [1.165, 1.54) is 13.1 Å². The lowest BCUT2D eigenvalue weighted by Crippen LogP contribution is -2.55. The first-order chi connectivity index (χ1) is 16.1. The Bertz CT molecular complexity index is 1440. The van der Waals surface area contributed by atoms with Crippen LogP contribution in [0, 0.1) is 18.8 Å². The summed E-state index contributed by atoms with van der Waals surface area (Å²) in [6, 6.07) is 7.00. The van der Waals surface area contributed by atoms with Crippen LogP contribution in [0.3, 0.4) is 0 Å². The number of nitrogen functional groups attached to an aromatic ring is 1. The molecule has 10 nitrogen and oxygen atoms in total. The van der Waals surface area contributed by atoms with Crippen molar-refractivity contribution in [2.75, 3.05) is 18.8 Å². The van der Waals surface area contributed by atoms with Crippen LogP contribution in [-0.2, 0) is 12.1 Å². The molecule has 0 aliphatic carbocycles. The van der Waals surface area contributed by atoms with Crippen molar-refractivity contribution in [2.45, 2.75) is 31.9 Å². The Balaban J connectivity index is 1.54. The lowest BCUT2D eigenvalue weighted by Gasteiger charge is -2.38. The van der Waals surface area contributed by atoms with Gasteiger partial charge in [0.1, 0.15) is 0 Å². The van der Waals surface area contributed by atoms with Crippen LogP contribution < -0.4 is 5.73 Å². The van der Waals surface area contributed by atoms with Gasteiger partial charge in [-0.3, -0.25) is 4.90 Å². The van der Waals surface area contributed by atoms with Crippen LogP contribution in [0.15, 0.2) is 35.0 Å². The van der Waals surface area contributed by atoms with Crippen LogP contribution in [0.2, 0.25) is 0 Å². The number of anilines is 1. The Kier molecular flexibility index (Phi) is 5.03. The zero-order valence-corrected chi connectivity index (χ0v) is 18.3. The molecular formula is C22H20F2N8O2. The van der Waals surface area contributed by atoms with Gasteiger partial charge in [0.2, 0.25) is 17.7 Å². The number of nitrogens with two attached hydrogens (primary N) is 1. The van der Waals surface area contributed by atoms with E-state index in [2.05, 4.69) is 37.0 Å². The minimum Gasteiger partial charge on any atom is -0.371 e. The van der Waals surface area contributed by atoms with Crippen LogP contribution in [-0.4, -0.2) is 58.9 Å². The molecule has 5 rings (SSSR count). The van der Waals surface area contributed by atoms with Gasteiger partial charge in [0.05, 0.1) is 24.3 Å². The number of hydrogen-bond acceptors (Lipinski definition) is 9. The van der Waals surface area contributed by atoms with Gasteiger partial charge in [-0.25, -0.2) is 18.4 Å². The third-order valence-corrected chi connectivity index (χ3v) is 5.33. The zero-order valence-electron chi connectivity index (χ0n) is 18.3. The monoisotopic (exact) mass is 466 g/mol. The number of hydrogen-bond donors (Lipinski definition) is 2. The summed E-state index contributed by atoms with van der Waals surface area (Å²) in [7, 11) is 0. The van der Waals surface area contributed by atoms with E-state index in [0.29, 0.717) is 28.5 Å². The minimum absolute atomic E-state index is 0.0636. The van der Waals surface area contributed by atoms with Crippen LogP contribution in [0.5, 0.6) is 0 Å². The third-order valence-electron chi connectivity index (χ3n) is 5.33. The van der Waals surface area contributed by atoms with Gasteiger partial charge in [0, 0.05) is 36.7 Å². The fourth-order valence-electron chi connectivity index (χ4n) is 3.71. The van der Waals surface area contributed by atoms with E-state index in [1.54, 1.807) is 34.7 Å². The summed E-state index contributed by atoms with van der Waals surface area (Å²) in [4.78, 5) is 13.8. The summed E-state index contributed by atoms with van der Waals surface area (Å²) in [6.45, 7) is 2.73. The highest BCUT2D eigenvalue weighted by Gasteiger charge is 2.44. The molecule has 0 spiro atoms. The lowest BCUT2D eigenvalue weighted by atomic mass is 10.1. The molecule has 34 heavy (non-hydrogen) atoms. The van der Waals surface area contributed by atoms with Crippen LogP contribution in [0.25, 0.3) is 16.7 Å². The summed E-state index contributed by atoms with van der Waals surface area (Å²) in [5, 5.41) is 19.8. The Morgan fingerprint density at radius 3 is 2.74 bits per heavy atom. The van der Waals surface area contributed by atoms with Gasteiger partial charge in [-0.15, -0.1) is 0 Å². The molecule has 4 aromatic rings. The molecule has 0 saturated carbocycles. The van der Waals surface area contributed by atoms with Gasteiger partial charge >= 0.3 is 0 Å². The molecule has 3 N–H and O–H groups in total. The second kappa shape index (κ2) is 7.82. The number of nitrogens with zero attached hydrogens (tertiary/aromatic N) is 7. The molecule has 174 valence electrons. The number of likely N-dealkylation sites (tertiary alicyclic amines) is 1. The van der Waals surface area contributed by atoms with Crippen LogP contribution in [0.4, 0.5) is 14.7 Å². The smallest absolute Gasteiger partial charge is 0.272 e. The molecule has 4 heterocycles. The maximum absolute atomic E-state index is 13.3. The molecule has 1 atom stereocenters. The SMILES string of the molecule is Cc1nc(C(C)(O)C#Cc2ccc3c(CN4CC(F)(F)C4)nn(-c4ccnc(N)n4)c3c2)no1. The fourth-order valence-corrected chi connectivity index (χ4v) is 3.71. The minimum atomic E-state index is -2.67. The molecular weight excluding hydrogens is 446 g/mol. The molecule has 1 saturated heterocycles. The molecule has 3 aromatic heterocycles. The average molecular weight is 466 g/mol. The van der Waals surface area contributed by atoms with Crippen LogP contribution >= 0.6 is 0 Å². The van der Waals surface area contributed by atoms with E-state index in [1.807, 2.05) is 6.07 Å². The third kappa shape index (κ3) is 4.18. The first-order valence-electron chi connectivity index (χ1n) is 10.4. The highest BCUT2D eigenvalue weighted by molar-refractivity contribution is 5.84. The Labute approximate surface area is 192 Å². The first kappa shape index (κ1) is 21.9. The summed E-state index contributed by atoms with van der Waals surface area (Å²) < 4.78 is 33.2. The van der Waals surface area contributed by atoms with E-state index in [0.717, 1.165) is 5.39 Å². The van der Waals surface area contributed by atoms with Crippen molar-refractivity contribution in [1.82, 2.24) is 34.8 Å². The summed E-state index contributed by atoms with van der Waals surface area (Å²) in [5.74, 6) is 3.90. The first-order valence-corrected chi connectivity index (χ1v) is 10.4. The highest BCUT2D eigenvalue weighted by Crippen LogP contribution is 2.30. The molecule has 12 heteroatoms. The summed E-state index contributed by atoms with van der Waals surface area (Å²) in [5.41, 5.74) is 5.98. The quantitative estimate of drug-likeness (QED) is 0.432.